The maximum Gasteiger partial charge on any atom is 0.270 e. The van der Waals surface area contributed by atoms with Gasteiger partial charge in [-0.25, -0.2) is 4.39 Å². The fourth-order valence-electron chi connectivity index (χ4n) is 4.84. The van der Waals surface area contributed by atoms with Gasteiger partial charge >= 0.3 is 0 Å². The molecule has 0 radical (unpaired) electrons. The van der Waals surface area contributed by atoms with Crippen molar-refractivity contribution >= 4 is 51.8 Å². The van der Waals surface area contributed by atoms with Gasteiger partial charge in [-0.05, 0) is 44.0 Å². The number of anilines is 2. The average molecular weight is 556 g/mol. The number of halogens is 1. The quantitative estimate of drug-likeness (QED) is 0.277. The number of nitriles is 1. The molecule has 2 aliphatic rings. The van der Waals surface area contributed by atoms with Crippen LogP contribution in [0.2, 0.25) is 0 Å². The van der Waals surface area contributed by atoms with E-state index in [1.54, 1.807) is 41.7 Å². The molecule has 0 atom stereocenters. The van der Waals surface area contributed by atoms with Gasteiger partial charge in [-0.3, -0.25) is 19.1 Å². The fourth-order valence-corrected chi connectivity index (χ4v) is 6.13. The Morgan fingerprint density at radius 2 is 1.87 bits per heavy atom. The number of pyridine rings is 1. The Kier molecular flexibility index (Phi) is 8.87. The predicted octanol–water partition coefficient (Wildman–Crippen LogP) is 3.75. The van der Waals surface area contributed by atoms with Crippen molar-refractivity contribution in [1.82, 2.24) is 9.47 Å². The molecule has 2 aromatic rings. The number of thiocarbonyl (C=S) groups is 1. The first-order valence-electron chi connectivity index (χ1n) is 12.5. The van der Waals surface area contributed by atoms with Crippen molar-refractivity contribution in [3.63, 3.8) is 0 Å². The Morgan fingerprint density at radius 1 is 1.18 bits per heavy atom. The van der Waals surface area contributed by atoms with E-state index in [0.29, 0.717) is 84.2 Å². The lowest BCUT2D eigenvalue weighted by Gasteiger charge is -2.39. The van der Waals surface area contributed by atoms with Crippen LogP contribution in [0.5, 0.6) is 0 Å². The van der Waals surface area contributed by atoms with Crippen LogP contribution in [0.4, 0.5) is 15.9 Å². The first-order valence-corrected chi connectivity index (χ1v) is 13.7. The molecule has 0 saturated carbocycles. The highest BCUT2D eigenvalue weighted by Crippen LogP contribution is 2.36. The van der Waals surface area contributed by atoms with Crippen LogP contribution in [0, 0.1) is 24.1 Å². The van der Waals surface area contributed by atoms with Gasteiger partial charge in [0, 0.05) is 58.5 Å². The molecular formula is C27H30FN5O3S2. The van der Waals surface area contributed by atoms with Gasteiger partial charge in [-0.2, -0.15) is 5.26 Å². The van der Waals surface area contributed by atoms with Crippen LogP contribution in [-0.2, 0) is 16.1 Å². The van der Waals surface area contributed by atoms with Gasteiger partial charge < -0.3 is 14.5 Å². The molecule has 0 bridgehead atoms. The molecule has 2 saturated heterocycles. The molecule has 3 heterocycles. The normalized spacial score (nSPS) is 17.0. The highest BCUT2D eigenvalue weighted by atomic mass is 32.2. The molecule has 0 spiro atoms. The fraction of sp³-hybridized carbons (Fsp3) is 0.407. The molecule has 1 amide bonds. The lowest BCUT2D eigenvalue weighted by molar-refractivity contribution is -0.122. The zero-order valence-corrected chi connectivity index (χ0v) is 23.3. The molecule has 0 N–H and O–H groups in total. The van der Waals surface area contributed by atoms with Crippen molar-refractivity contribution in [2.45, 2.75) is 26.8 Å². The maximum absolute atomic E-state index is 14.4. The average Bonchev–Trinajstić information content (AvgIpc) is 3.18. The van der Waals surface area contributed by atoms with E-state index in [-0.39, 0.29) is 22.8 Å². The second-order valence-electron chi connectivity index (χ2n) is 9.00. The van der Waals surface area contributed by atoms with E-state index in [0.717, 1.165) is 0 Å². The molecule has 2 fully saturated rings. The number of aromatic nitrogens is 1. The second kappa shape index (κ2) is 12.1. The monoisotopic (exact) mass is 555 g/mol. The number of nitrogens with zero attached hydrogens (tertiary/aromatic N) is 5. The number of methoxy groups -OCH3 is 1. The topological polar surface area (TPSA) is 81.8 Å². The summed E-state index contributed by atoms with van der Waals surface area (Å²) in [5, 5.41) is 9.80. The summed E-state index contributed by atoms with van der Waals surface area (Å²) in [6.45, 7) is 7.12. The van der Waals surface area contributed by atoms with E-state index in [9.17, 15) is 19.2 Å². The number of piperazine rings is 1. The number of carbonyl (C=O) groups excluding carboxylic acids is 1. The summed E-state index contributed by atoms with van der Waals surface area (Å²) in [5.41, 5.74) is 1.43. The molecule has 200 valence electrons. The summed E-state index contributed by atoms with van der Waals surface area (Å²) in [6.07, 6.45) is 2.42. The number of rotatable bonds is 8. The van der Waals surface area contributed by atoms with Gasteiger partial charge in [-0.1, -0.05) is 36.1 Å². The smallest absolute Gasteiger partial charge is 0.270 e. The highest BCUT2D eigenvalue weighted by molar-refractivity contribution is 8.26. The van der Waals surface area contributed by atoms with Crippen molar-refractivity contribution in [2.75, 3.05) is 56.2 Å². The number of hydrogen-bond acceptors (Lipinski definition) is 8. The molecule has 8 nitrogen and oxygen atoms in total. The van der Waals surface area contributed by atoms with Crippen LogP contribution in [0.1, 0.15) is 30.0 Å². The zero-order valence-electron chi connectivity index (χ0n) is 21.7. The summed E-state index contributed by atoms with van der Waals surface area (Å²) >= 11 is 6.69. The predicted molar refractivity (Wildman–Crippen MR) is 153 cm³/mol. The molecule has 11 heteroatoms. The molecule has 1 aromatic carbocycles. The summed E-state index contributed by atoms with van der Waals surface area (Å²) in [6, 6.07) is 8.75. The minimum Gasteiger partial charge on any atom is -0.385 e. The Morgan fingerprint density at radius 3 is 2.50 bits per heavy atom. The molecule has 0 aliphatic carbocycles. The van der Waals surface area contributed by atoms with Gasteiger partial charge in [0.05, 0.1) is 10.6 Å². The van der Waals surface area contributed by atoms with Crippen molar-refractivity contribution in [3.8, 4) is 6.07 Å². The van der Waals surface area contributed by atoms with Crippen LogP contribution in [-0.4, -0.2) is 66.1 Å². The third-order valence-corrected chi connectivity index (χ3v) is 8.19. The Balaban J connectivity index is 1.73. The van der Waals surface area contributed by atoms with Gasteiger partial charge in [0.25, 0.3) is 11.5 Å². The van der Waals surface area contributed by atoms with Gasteiger partial charge in [0.2, 0.25) is 0 Å². The van der Waals surface area contributed by atoms with E-state index >= 15 is 0 Å². The van der Waals surface area contributed by atoms with Crippen molar-refractivity contribution in [3.05, 3.63) is 62.0 Å². The first kappa shape index (κ1) is 27.8. The van der Waals surface area contributed by atoms with E-state index in [1.165, 1.54) is 17.8 Å². The van der Waals surface area contributed by atoms with Crippen LogP contribution in [0.15, 0.2) is 34.0 Å². The Labute approximate surface area is 231 Å². The zero-order chi connectivity index (χ0) is 27.4. The lowest BCUT2D eigenvalue weighted by Crippen LogP contribution is -2.49. The van der Waals surface area contributed by atoms with Crippen molar-refractivity contribution in [1.29, 1.82) is 5.26 Å². The lowest BCUT2D eigenvalue weighted by atomic mass is 10.0. The molecule has 0 unspecified atom stereocenters. The molecule has 4 rings (SSSR count). The third kappa shape index (κ3) is 5.34. The number of benzene rings is 1. The number of hydrogen-bond donors (Lipinski definition) is 0. The van der Waals surface area contributed by atoms with Crippen molar-refractivity contribution < 1.29 is 13.9 Å². The third-order valence-electron chi connectivity index (χ3n) is 6.81. The number of para-hydroxylation sites is 1. The maximum atomic E-state index is 14.4. The minimum atomic E-state index is -0.358. The summed E-state index contributed by atoms with van der Waals surface area (Å²) in [4.78, 5) is 32.6. The largest absolute Gasteiger partial charge is 0.385 e. The molecule has 2 aliphatic heterocycles. The molecular weight excluding hydrogens is 525 g/mol. The van der Waals surface area contributed by atoms with E-state index in [4.69, 9.17) is 17.0 Å². The van der Waals surface area contributed by atoms with Crippen LogP contribution < -0.4 is 15.4 Å². The Bertz CT molecular complexity index is 1380. The number of thioether (sulfide) groups is 1. The Hall–Kier alpha value is -3.20. The van der Waals surface area contributed by atoms with E-state index in [2.05, 4.69) is 11.0 Å². The standard InChI is InChI=1S/C27H30FN5O3S2/c1-4-32-24(31-13-11-30(12-14-31)22-9-6-5-8-21(22)28)19(18(2)20(17-29)25(32)34)16-23-26(35)33(27(37)38-23)10-7-15-36-3/h5-6,8-9,16H,4,7,10-15H2,1-3H3/b23-16+. The summed E-state index contributed by atoms with van der Waals surface area (Å²) in [5.74, 6) is 0.194. The second-order valence-corrected chi connectivity index (χ2v) is 10.7. The SMILES string of the molecule is CCn1c(N2CCN(c3ccccc3F)CC2)c(/C=C2/SC(=S)N(CCCOC)C2=O)c(C)c(C#N)c1=O. The molecule has 1 aromatic heterocycles. The highest BCUT2D eigenvalue weighted by Gasteiger charge is 2.33. The van der Waals surface area contributed by atoms with Crippen LogP contribution >= 0.6 is 24.0 Å². The number of carbonyl (C=O) groups is 1. The number of ether oxygens (including phenoxy) is 1. The van der Waals surface area contributed by atoms with E-state index in [1.807, 2.05) is 17.9 Å². The summed E-state index contributed by atoms with van der Waals surface area (Å²) in [7, 11) is 1.61. The number of amides is 1. The van der Waals surface area contributed by atoms with Gasteiger partial charge in [0.1, 0.15) is 27.6 Å². The van der Waals surface area contributed by atoms with Crippen molar-refractivity contribution in [2.24, 2.45) is 0 Å². The van der Waals surface area contributed by atoms with Gasteiger partial charge in [-0.15, -0.1) is 0 Å². The first-order chi connectivity index (χ1) is 18.3. The van der Waals surface area contributed by atoms with Crippen LogP contribution in [0.25, 0.3) is 6.08 Å². The van der Waals surface area contributed by atoms with Gasteiger partial charge in [0.15, 0.2) is 0 Å². The summed E-state index contributed by atoms with van der Waals surface area (Å²) < 4.78 is 21.6. The minimum absolute atomic E-state index is 0.0578. The van der Waals surface area contributed by atoms with E-state index < -0.39 is 0 Å². The van der Waals surface area contributed by atoms with Crippen LogP contribution in [0.3, 0.4) is 0 Å². The molecule has 38 heavy (non-hydrogen) atoms.